The number of ether oxygens (including phenoxy) is 2. The Bertz CT molecular complexity index is 1170. The predicted molar refractivity (Wildman–Crippen MR) is 133 cm³/mol. The summed E-state index contributed by atoms with van der Waals surface area (Å²) in [6.45, 7) is 6.94. The van der Waals surface area contributed by atoms with Crippen molar-refractivity contribution < 1.29 is 14.3 Å². The monoisotopic (exact) mass is 515 g/mol. The van der Waals surface area contributed by atoms with Crippen LogP contribution >= 0.6 is 15.9 Å². The van der Waals surface area contributed by atoms with Gasteiger partial charge >= 0.3 is 6.09 Å². The molecule has 4 rings (SSSR count). The number of piperidine rings is 1. The van der Waals surface area contributed by atoms with E-state index in [4.69, 9.17) is 19.4 Å². The van der Waals surface area contributed by atoms with E-state index in [-0.39, 0.29) is 12.1 Å². The second kappa shape index (κ2) is 9.21. The maximum Gasteiger partial charge on any atom is 0.410 e. The Balaban J connectivity index is 1.54. The number of fused-ring (bicyclic) bond motifs is 1. The predicted octanol–water partition coefficient (Wildman–Crippen LogP) is 5.22. The highest BCUT2D eigenvalue weighted by Gasteiger charge is 2.28. The summed E-state index contributed by atoms with van der Waals surface area (Å²) in [5.74, 6) is 2.27. The third-order valence-corrected chi connectivity index (χ3v) is 6.07. The lowest BCUT2D eigenvalue weighted by Gasteiger charge is -2.34. The van der Waals surface area contributed by atoms with E-state index in [1.807, 2.05) is 62.7 Å². The Hall–Kier alpha value is -2.81. The summed E-state index contributed by atoms with van der Waals surface area (Å²) in [7, 11) is 3.62. The van der Waals surface area contributed by atoms with E-state index in [0.29, 0.717) is 18.7 Å². The van der Waals surface area contributed by atoms with Gasteiger partial charge in [-0.2, -0.15) is 0 Å². The fourth-order valence-corrected chi connectivity index (χ4v) is 4.38. The molecule has 0 unspecified atom stereocenters. The Kier molecular flexibility index (Phi) is 6.52. The molecule has 0 spiro atoms. The SMILES string of the molecule is COc1cc(Br)ccc1-c1nc2nc(N[C@@H]3CCCN(C(=O)OC(C)(C)C)C3)ccc2n1C. The fourth-order valence-electron chi connectivity index (χ4n) is 4.04. The van der Waals surface area contributed by atoms with Crippen LogP contribution in [0.1, 0.15) is 33.6 Å². The molecule has 0 bridgehead atoms. The van der Waals surface area contributed by atoms with Crippen molar-refractivity contribution in [2.75, 3.05) is 25.5 Å². The number of aromatic nitrogens is 3. The van der Waals surface area contributed by atoms with Gasteiger partial charge in [-0.15, -0.1) is 0 Å². The molecule has 1 atom stereocenters. The normalized spacial score (nSPS) is 16.7. The number of imidazole rings is 1. The average molecular weight is 516 g/mol. The van der Waals surface area contributed by atoms with Crippen LogP contribution in [-0.2, 0) is 11.8 Å². The fraction of sp³-hybridized carbons (Fsp3) is 0.458. The molecule has 0 aliphatic carbocycles. The van der Waals surface area contributed by atoms with Gasteiger partial charge in [0, 0.05) is 30.7 Å². The van der Waals surface area contributed by atoms with Crippen LogP contribution in [0.5, 0.6) is 5.75 Å². The molecule has 1 saturated heterocycles. The lowest BCUT2D eigenvalue weighted by Crippen LogP contribution is -2.47. The van der Waals surface area contributed by atoms with Gasteiger partial charge in [-0.05, 0) is 63.9 Å². The van der Waals surface area contributed by atoms with Gasteiger partial charge < -0.3 is 24.3 Å². The molecule has 3 heterocycles. The van der Waals surface area contributed by atoms with Gasteiger partial charge in [-0.3, -0.25) is 0 Å². The molecule has 0 radical (unpaired) electrons. The number of anilines is 1. The Labute approximate surface area is 202 Å². The lowest BCUT2D eigenvalue weighted by atomic mass is 10.1. The highest BCUT2D eigenvalue weighted by atomic mass is 79.9. The number of carbonyl (C=O) groups excluding carboxylic acids is 1. The number of methoxy groups -OCH3 is 1. The maximum atomic E-state index is 12.5. The van der Waals surface area contributed by atoms with Crippen LogP contribution in [0.3, 0.4) is 0 Å². The third kappa shape index (κ3) is 5.24. The smallest absolute Gasteiger partial charge is 0.410 e. The molecule has 9 heteroatoms. The highest BCUT2D eigenvalue weighted by molar-refractivity contribution is 9.10. The van der Waals surface area contributed by atoms with E-state index in [1.54, 1.807) is 12.0 Å². The molecule has 1 fully saturated rings. The number of nitrogens with zero attached hydrogens (tertiary/aromatic N) is 4. The minimum Gasteiger partial charge on any atom is -0.496 e. The number of benzene rings is 1. The van der Waals surface area contributed by atoms with Crippen LogP contribution in [0, 0.1) is 0 Å². The van der Waals surface area contributed by atoms with E-state index in [1.165, 1.54) is 0 Å². The van der Waals surface area contributed by atoms with Crippen LogP contribution in [0.15, 0.2) is 34.8 Å². The van der Waals surface area contributed by atoms with Crippen molar-refractivity contribution in [2.24, 2.45) is 7.05 Å². The molecule has 33 heavy (non-hydrogen) atoms. The van der Waals surface area contributed by atoms with Crippen molar-refractivity contribution >= 4 is 39.0 Å². The van der Waals surface area contributed by atoms with Crippen molar-refractivity contribution in [1.82, 2.24) is 19.4 Å². The van der Waals surface area contributed by atoms with Gasteiger partial charge in [0.2, 0.25) is 0 Å². The van der Waals surface area contributed by atoms with Gasteiger partial charge in [0.15, 0.2) is 5.65 Å². The summed E-state index contributed by atoms with van der Waals surface area (Å²) in [5.41, 5.74) is 1.98. The Morgan fingerprint density at radius 3 is 2.73 bits per heavy atom. The molecule has 1 aliphatic rings. The zero-order valence-corrected chi connectivity index (χ0v) is 21.3. The molecule has 176 valence electrons. The second-order valence-corrected chi connectivity index (χ2v) is 10.2. The van der Waals surface area contributed by atoms with Crippen molar-refractivity contribution in [3.63, 3.8) is 0 Å². The number of aryl methyl sites for hydroxylation is 1. The van der Waals surface area contributed by atoms with Crippen LogP contribution in [0.25, 0.3) is 22.6 Å². The van der Waals surface area contributed by atoms with E-state index >= 15 is 0 Å². The summed E-state index contributed by atoms with van der Waals surface area (Å²) in [6.07, 6.45) is 1.61. The average Bonchev–Trinajstić information content (AvgIpc) is 3.08. The zero-order chi connectivity index (χ0) is 23.8. The molecule has 1 aliphatic heterocycles. The second-order valence-electron chi connectivity index (χ2n) is 9.29. The van der Waals surface area contributed by atoms with Crippen LogP contribution < -0.4 is 10.1 Å². The van der Waals surface area contributed by atoms with Gasteiger partial charge in [0.05, 0.1) is 18.2 Å². The first-order valence-electron chi connectivity index (χ1n) is 11.1. The molecule has 1 amide bonds. The summed E-state index contributed by atoms with van der Waals surface area (Å²) < 4.78 is 14.1. The molecule has 3 aromatic rings. The molecule has 0 saturated carbocycles. The number of nitrogens with one attached hydrogen (secondary N) is 1. The first-order chi connectivity index (χ1) is 15.6. The summed E-state index contributed by atoms with van der Waals surface area (Å²) in [5, 5.41) is 3.48. The lowest BCUT2D eigenvalue weighted by molar-refractivity contribution is 0.0206. The largest absolute Gasteiger partial charge is 0.496 e. The number of pyridine rings is 1. The number of rotatable bonds is 4. The van der Waals surface area contributed by atoms with Crippen molar-refractivity contribution in [3.05, 3.63) is 34.8 Å². The number of likely N-dealkylation sites (tertiary alicyclic amines) is 1. The maximum absolute atomic E-state index is 12.5. The van der Waals surface area contributed by atoms with E-state index in [0.717, 1.165) is 45.8 Å². The third-order valence-electron chi connectivity index (χ3n) is 5.57. The molecular weight excluding hydrogens is 486 g/mol. The number of hydrogen-bond donors (Lipinski definition) is 1. The molecule has 1 N–H and O–H groups in total. The van der Waals surface area contributed by atoms with Gasteiger partial charge in [0.25, 0.3) is 0 Å². The van der Waals surface area contributed by atoms with E-state index in [9.17, 15) is 4.79 Å². The number of carbonyl (C=O) groups is 1. The standard InChI is InChI=1S/C24H30BrN5O3/c1-24(2,3)33-23(31)30-12-6-7-16(14-30)26-20-11-10-18-21(27-20)28-22(29(18)4)17-9-8-15(25)13-19(17)32-5/h8-11,13,16H,6-7,12,14H2,1-5H3,(H,26,27)/t16-/m1/s1. The topological polar surface area (TPSA) is 81.5 Å². The molecule has 8 nitrogen and oxygen atoms in total. The van der Waals surface area contributed by atoms with E-state index in [2.05, 4.69) is 21.2 Å². The van der Waals surface area contributed by atoms with Crippen LogP contribution in [0.2, 0.25) is 0 Å². The number of hydrogen-bond acceptors (Lipinski definition) is 6. The Morgan fingerprint density at radius 2 is 2.00 bits per heavy atom. The molecule has 1 aromatic carbocycles. The minimum absolute atomic E-state index is 0.103. The van der Waals surface area contributed by atoms with Gasteiger partial charge in [-0.25, -0.2) is 14.8 Å². The Morgan fingerprint density at radius 1 is 1.21 bits per heavy atom. The van der Waals surface area contributed by atoms with Crippen LogP contribution in [-0.4, -0.2) is 57.4 Å². The van der Waals surface area contributed by atoms with Crippen molar-refractivity contribution in [1.29, 1.82) is 0 Å². The molecular formula is C24H30BrN5O3. The van der Waals surface area contributed by atoms with E-state index < -0.39 is 5.60 Å². The minimum atomic E-state index is -0.502. The van der Waals surface area contributed by atoms with Crippen molar-refractivity contribution in [3.8, 4) is 17.1 Å². The van der Waals surface area contributed by atoms with Gasteiger partial charge in [0.1, 0.15) is 23.0 Å². The number of amides is 1. The summed E-state index contributed by atoms with van der Waals surface area (Å²) in [4.78, 5) is 23.8. The summed E-state index contributed by atoms with van der Waals surface area (Å²) in [6, 6.07) is 9.95. The number of halogens is 1. The van der Waals surface area contributed by atoms with Gasteiger partial charge in [-0.1, -0.05) is 15.9 Å². The van der Waals surface area contributed by atoms with Crippen molar-refractivity contribution in [2.45, 2.75) is 45.3 Å². The first-order valence-corrected chi connectivity index (χ1v) is 11.9. The quantitative estimate of drug-likeness (QED) is 0.512. The zero-order valence-electron chi connectivity index (χ0n) is 19.7. The van der Waals surface area contributed by atoms with Crippen LogP contribution in [0.4, 0.5) is 10.6 Å². The molecule has 2 aromatic heterocycles. The highest BCUT2D eigenvalue weighted by Crippen LogP contribution is 2.33. The summed E-state index contributed by atoms with van der Waals surface area (Å²) >= 11 is 3.49. The first kappa shape index (κ1) is 23.4.